The minimum absolute atomic E-state index is 0.0171. The SMILES string of the molecule is O=C(O)C(F)(F)F.O=C(O)C(F)(F)F.O=C(c1cccnc1)N1CCO[C@H]2[C@H](Oc3cccnc3)CC[C@@H]21. The van der Waals surface area contributed by atoms with Crippen LogP contribution in [0.15, 0.2) is 49.1 Å². The third-order valence-corrected chi connectivity index (χ3v) is 5.11. The van der Waals surface area contributed by atoms with Crippen molar-refractivity contribution in [3.63, 3.8) is 0 Å². The molecule has 0 radical (unpaired) electrons. The Hall–Kier alpha value is -3.95. The van der Waals surface area contributed by atoms with Crippen molar-refractivity contribution in [2.24, 2.45) is 0 Å². The molecule has 1 amide bonds. The van der Waals surface area contributed by atoms with Crippen LogP contribution < -0.4 is 4.74 Å². The standard InChI is InChI=1S/C18H19N3O3.2C2HF3O2/c22-18(13-3-1-7-19-11-13)21-9-10-23-17-15(21)5-6-16(17)24-14-4-2-8-20-12-14;2*3-2(4,5)1(6)7/h1-4,7-8,11-12,15-17H,5-6,9-10H2;2*(H,6,7)/t15-,16+,17+;;/m0../s1. The second kappa shape index (κ2) is 13.0. The first-order chi connectivity index (χ1) is 17.7. The van der Waals surface area contributed by atoms with Gasteiger partial charge in [0, 0.05) is 25.1 Å². The van der Waals surface area contributed by atoms with Crippen LogP contribution in [0.25, 0.3) is 0 Å². The van der Waals surface area contributed by atoms with E-state index in [0.29, 0.717) is 18.7 Å². The van der Waals surface area contributed by atoms with E-state index in [1.165, 1.54) is 0 Å². The Morgan fingerprint density at radius 1 is 0.921 bits per heavy atom. The quantitative estimate of drug-likeness (QED) is 0.549. The van der Waals surface area contributed by atoms with Gasteiger partial charge in [0.1, 0.15) is 18.0 Å². The van der Waals surface area contributed by atoms with Gasteiger partial charge in [-0.3, -0.25) is 14.8 Å². The van der Waals surface area contributed by atoms with Gasteiger partial charge < -0.3 is 24.6 Å². The number of carbonyl (C=O) groups excluding carboxylic acids is 1. The Morgan fingerprint density at radius 3 is 1.95 bits per heavy atom. The Labute approximate surface area is 210 Å². The number of fused-ring (bicyclic) bond motifs is 1. The molecule has 2 fully saturated rings. The Kier molecular flexibility index (Phi) is 10.4. The molecule has 0 unspecified atom stereocenters. The number of pyridine rings is 2. The second-order valence-electron chi connectivity index (χ2n) is 7.67. The molecule has 38 heavy (non-hydrogen) atoms. The zero-order valence-electron chi connectivity index (χ0n) is 19.2. The van der Waals surface area contributed by atoms with Crippen molar-refractivity contribution >= 4 is 17.8 Å². The van der Waals surface area contributed by atoms with Gasteiger partial charge in [-0.05, 0) is 37.1 Å². The summed E-state index contributed by atoms with van der Waals surface area (Å²) in [6.45, 7) is 1.13. The maximum atomic E-state index is 12.8. The van der Waals surface area contributed by atoms with Gasteiger partial charge in [-0.1, -0.05) is 0 Å². The third-order valence-electron chi connectivity index (χ3n) is 5.11. The summed E-state index contributed by atoms with van der Waals surface area (Å²) in [6.07, 6.45) is -1.87. The summed E-state index contributed by atoms with van der Waals surface area (Å²) in [5, 5.41) is 14.2. The van der Waals surface area contributed by atoms with Crippen LogP contribution in [0.3, 0.4) is 0 Å². The first kappa shape index (κ1) is 30.3. The molecule has 2 N–H and O–H groups in total. The highest BCUT2D eigenvalue weighted by atomic mass is 19.4. The molecule has 1 saturated heterocycles. The van der Waals surface area contributed by atoms with Crippen LogP contribution in [0.1, 0.15) is 23.2 Å². The average Bonchev–Trinajstić information content (AvgIpc) is 3.27. The molecule has 2 aliphatic rings. The summed E-state index contributed by atoms with van der Waals surface area (Å²) >= 11 is 0. The van der Waals surface area contributed by atoms with Gasteiger partial charge in [0.15, 0.2) is 0 Å². The number of alkyl halides is 6. The third kappa shape index (κ3) is 8.86. The first-order valence-electron chi connectivity index (χ1n) is 10.7. The molecule has 1 aliphatic carbocycles. The Morgan fingerprint density at radius 2 is 1.47 bits per heavy atom. The maximum absolute atomic E-state index is 12.8. The van der Waals surface area contributed by atoms with E-state index in [2.05, 4.69) is 9.97 Å². The minimum atomic E-state index is -5.08. The number of nitrogens with zero attached hydrogens (tertiary/aromatic N) is 3. The number of amides is 1. The largest absolute Gasteiger partial charge is 0.490 e. The summed E-state index contributed by atoms with van der Waals surface area (Å²) in [5.74, 6) is -4.76. The summed E-state index contributed by atoms with van der Waals surface area (Å²) in [5.41, 5.74) is 0.620. The highest BCUT2D eigenvalue weighted by Gasteiger charge is 2.46. The zero-order valence-corrected chi connectivity index (χ0v) is 19.2. The van der Waals surface area contributed by atoms with E-state index in [1.54, 1.807) is 36.9 Å². The van der Waals surface area contributed by atoms with E-state index < -0.39 is 24.3 Å². The minimum Gasteiger partial charge on any atom is -0.486 e. The van der Waals surface area contributed by atoms with Gasteiger partial charge in [-0.15, -0.1) is 0 Å². The lowest BCUT2D eigenvalue weighted by atomic mass is 10.1. The van der Waals surface area contributed by atoms with Crippen molar-refractivity contribution < 1.29 is 60.4 Å². The fourth-order valence-corrected chi connectivity index (χ4v) is 3.54. The molecule has 2 aromatic rings. The van der Waals surface area contributed by atoms with Crippen molar-refractivity contribution in [3.05, 3.63) is 54.6 Å². The van der Waals surface area contributed by atoms with Crippen LogP contribution in [0.2, 0.25) is 0 Å². The number of morpholine rings is 1. The summed E-state index contributed by atoms with van der Waals surface area (Å²) in [4.78, 5) is 40.6. The van der Waals surface area contributed by atoms with Crippen LogP contribution >= 0.6 is 0 Å². The number of carboxylic acid groups (broad SMARTS) is 2. The molecule has 16 heteroatoms. The average molecular weight is 553 g/mol. The molecule has 1 saturated carbocycles. The molecule has 3 heterocycles. The second-order valence-corrected chi connectivity index (χ2v) is 7.67. The summed E-state index contributed by atoms with van der Waals surface area (Å²) < 4.78 is 75.5. The number of ether oxygens (including phenoxy) is 2. The van der Waals surface area contributed by atoms with E-state index >= 15 is 0 Å². The van der Waals surface area contributed by atoms with Gasteiger partial charge in [0.05, 0.1) is 24.4 Å². The molecule has 10 nitrogen and oxygen atoms in total. The fraction of sp³-hybridized carbons (Fsp3) is 0.409. The summed E-state index contributed by atoms with van der Waals surface area (Å²) in [7, 11) is 0. The van der Waals surface area contributed by atoms with Gasteiger partial charge in [-0.2, -0.15) is 26.3 Å². The number of rotatable bonds is 3. The molecule has 2 aromatic heterocycles. The van der Waals surface area contributed by atoms with E-state index in [-0.39, 0.29) is 24.2 Å². The van der Waals surface area contributed by atoms with Crippen LogP contribution in [0.5, 0.6) is 5.75 Å². The monoisotopic (exact) mass is 553 g/mol. The molecule has 0 spiro atoms. The number of carbonyl (C=O) groups is 3. The van der Waals surface area contributed by atoms with Crippen molar-refractivity contribution in [3.8, 4) is 5.75 Å². The predicted molar refractivity (Wildman–Crippen MR) is 114 cm³/mol. The zero-order chi connectivity index (χ0) is 28.5. The fourth-order valence-electron chi connectivity index (χ4n) is 3.54. The van der Waals surface area contributed by atoms with Crippen molar-refractivity contribution in [2.45, 2.75) is 43.4 Å². The van der Waals surface area contributed by atoms with E-state index in [1.807, 2.05) is 17.0 Å². The highest BCUT2D eigenvalue weighted by Crippen LogP contribution is 2.33. The molecule has 0 aromatic carbocycles. The topological polar surface area (TPSA) is 139 Å². The number of aromatic nitrogens is 2. The van der Waals surface area contributed by atoms with Crippen molar-refractivity contribution in [1.82, 2.24) is 14.9 Å². The van der Waals surface area contributed by atoms with Crippen LogP contribution in [0, 0.1) is 0 Å². The normalized spacial score (nSPS) is 20.6. The summed E-state index contributed by atoms with van der Waals surface area (Å²) in [6, 6.07) is 7.38. The van der Waals surface area contributed by atoms with Gasteiger partial charge in [0.2, 0.25) is 0 Å². The van der Waals surface area contributed by atoms with Gasteiger partial charge >= 0.3 is 24.3 Å². The first-order valence-corrected chi connectivity index (χ1v) is 10.7. The molecule has 4 rings (SSSR count). The number of carboxylic acids is 2. The van der Waals surface area contributed by atoms with Crippen LogP contribution in [-0.4, -0.2) is 86.7 Å². The van der Waals surface area contributed by atoms with Crippen molar-refractivity contribution in [2.75, 3.05) is 13.2 Å². The molecular formula is C22H21F6N3O7. The predicted octanol–water partition coefficient (Wildman–Crippen LogP) is 3.19. The Balaban J connectivity index is 0.000000301. The lowest BCUT2D eigenvalue weighted by Crippen LogP contribution is -2.54. The number of hydrogen-bond donors (Lipinski definition) is 2. The molecule has 3 atom stereocenters. The van der Waals surface area contributed by atoms with Gasteiger partial charge in [0.25, 0.3) is 5.91 Å². The highest BCUT2D eigenvalue weighted by molar-refractivity contribution is 5.94. The smallest absolute Gasteiger partial charge is 0.486 e. The Bertz CT molecular complexity index is 1050. The number of aliphatic carboxylic acids is 2. The van der Waals surface area contributed by atoms with E-state index in [4.69, 9.17) is 29.3 Å². The van der Waals surface area contributed by atoms with Gasteiger partial charge in [-0.25, -0.2) is 9.59 Å². The number of halogens is 6. The molecule has 1 aliphatic heterocycles. The lowest BCUT2D eigenvalue weighted by molar-refractivity contribution is -0.193. The maximum Gasteiger partial charge on any atom is 0.490 e. The van der Waals surface area contributed by atoms with Crippen molar-refractivity contribution in [1.29, 1.82) is 0 Å². The van der Waals surface area contributed by atoms with E-state index in [9.17, 15) is 31.1 Å². The van der Waals surface area contributed by atoms with E-state index in [0.717, 1.165) is 18.6 Å². The van der Waals surface area contributed by atoms with Crippen LogP contribution in [-0.2, 0) is 14.3 Å². The number of hydrogen-bond acceptors (Lipinski definition) is 7. The molecule has 0 bridgehead atoms. The van der Waals surface area contributed by atoms with Crippen LogP contribution in [0.4, 0.5) is 26.3 Å². The molecular weight excluding hydrogens is 532 g/mol. The molecule has 208 valence electrons. The lowest BCUT2D eigenvalue weighted by Gasteiger charge is -2.39.